The molecule has 1 saturated heterocycles. The van der Waals surface area contributed by atoms with E-state index < -0.39 is 21.7 Å². The summed E-state index contributed by atoms with van der Waals surface area (Å²) in [7, 11) is -3.73. The third-order valence-electron chi connectivity index (χ3n) is 5.14. The van der Waals surface area contributed by atoms with Gasteiger partial charge in [-0.15, -0.1) is 5.10 Å². The Labute approximate surface area is 209 Å². The first kappa shape index (κ1) is 24.6. The summed E-state index contributed by atoms with van der Waals surface area (Å²) >= 11 is 2.01. The van der Waals surface area contributed by atoms with E-state index in [4.69, 9.17) is 9.47 Å². The Morgan fingerprint density at radius 2 is 2.24 bits per heavy atom. The summed E-state index contributed by atoms with van der Waals surface area (Å²) in [6.45, 7) is 2.79. The fraction of sp³-hybridized carbons (Fsp3) is 0.381. The highest BCUT2D eigenvalue weighted by molar-refractivity contribution is 14.1. The van der Waals surface area contributed by atoms with E-state index >= 15 is 4.39 Å². The van der Waals surface area contributed by atoms with Gasteiger partial charge in [-0.2, -0.15) is 0 Å². The number of sulfonamides is 1. The number of hydrogen-bond donors (Lipinski definition) is 3. The molecule has 0 radical (unpaired) electrons. The number of amides is 1. The number of anilines is 2. The van der Waals surface area contributed by atoms with Crippen LogP contribution >= 0.6 is 22.6 Å². The molecule has 10 nitrogen and oxygen atoms in total. The number of rotatable bonds is 9. The number of carbonyl (C=O) groups is 1. The SMILES string of the molecule is CCCS(=O)(=O)Nc1ccc(CI)c(C(=O)Nc2cnc3[nH]nc(O[C@@H]4CCOC4)c3c2)c1F. The molecule has 34 heavy (non-hydrogen) atoms. The van der Waals surface area contributed by atoms with Gasteiger partial charge in [-0.25, -0.2) is 17.8 Å². The smallest absolute Gasteiger partial charge is 0.259 e. The molecule has 182 valence electrons. The van der Waals surface area contributed by atoms with Crippen LogP contribution in [0.5, 0.6) is 5.88 Å². The minimum Gasteiger partial charge on any atom is -0.470 e. The summed E-state index contributed by atoms with van der Waals surface area (Å²) < 4.78 is 53.3. The second-order valence-electron chi connectivity index (χ2n) is 7.72. The van der Waals surface area contributed by atoms with Crippen molar-refractivity contribution < 1.29 is 27.1 Å². The average molecular weight is 603 g/mol. The number of aromatic nitrogens is 3. The summed E-state index contributed by atoms with van der Waals surface area (Å²) in [5.74, 6) is -1.48. The molecule has 1 amide bonds. The largest absolute Gasteiger partial charge is 0.470 e. The third kappa shape index (κ3) is 5.41. The van der Waals surface area contributed by atoms with E-state index in [1.165, 1.54) is 18.3 Å². The van der Waals surface area contributed by atoms with Gasteiger partial charge >= 0.3 is 0 Å². The Hall–Kier alpha value is -2.52. The standard InChI is InChI=1S/C21H23FIN5O5S/c1-2-7-34(30,31)28-16-4-3-12(9-23)17(18(16)22)20(29)25-13-8-15-19(24-10-13)26-27-21(15)33-14-5-6-32-11-14/h3-4,8,10,14,28H,2,5-7,9,11H2,1H3,(H,25,29)(H,24,26,27)/t14-/m1/s1. The number of hydrogen-bond acceptors (Lipinski definition) is 7. The van der Waals surface area contributed by atoms with E-state index in [1.54, 1.807) is 13.0 Å². The predicted octanol–water partition coefficient (Wildman–Crippen LogP) is 3.60. The molecule has 3 N–H and O–H groups in total. The number of nitrogens with one attached hydrogen (secondary N) is 3. The van der Waals surface area contributed by atoms with Crippen molar-refractivity contribution in [3.63, 3.8) is 0 Å². The van der Waals surface area contributed by atoms with Crippen molar-refractivity contribution >= 4 is 60.9 Å². The predicted molar refractivity (Wildman–Crippen MR) is 134 cm³/mol. The Morgan fingerprint density at radius 1 is 1.41 bits per heavy atom. The van der Waals surface area contributed by atoms with Gasteiger partial charge in [0.2, 0.25) is 15.9 Å². The maximum Gasteiger partial charge on any atom is 0.259 e. The molecule has 2 aromatic heterocycles. The summed E-state index contributed by atoms with van der Waals surface area (Å²) in [4.78, 5) is 17.3. The number of nitrogens with zero attached hydrogens (tertiary/aromatic N) is 2. The van der Waals surface area contributed by atoms with Crippen molar-refractivity contribution in [2.45, 2.75) is 30.3 Å². The zero-order chi connectivity index (χ0) is 24.3. The Balaban J connectivity index is 1.61. The second kappa shape index (κ2) is 10.4. The number of carbonyl (C=O) groups excluding carboxylic acids is 1. The van der Waals surface area contributed by atoms with Crippen molar-refractivity contribution in [1.82, 2.24) is 15.2 Å². The zero-order valence-electron chi connectivity index (χ0n) is 18.2. The maximum absolute atomic E-state index is 15.3. The minimum atomic E-state index is -3.73. The first-order valence-corrected chi connectivity index (χ1v) is 13.8. The molecule has 0 spiro atoms. The number of pyridine rings is 1. The fourth-order valence-electron chi connectivity index (χ4n) is 3.54. The minimum absolute atomic E-state index is 0.121. The highest BCUT2D eigenvalue weighted by Gasteiger charge is 2.23. The van der Waals surface area contributed by atoms with E-state index in [0.29, 0.717) is 52.2 Å². The summed E-state index contributed by atoms with van der Waals surface area (Å²) in [6.07, 6.45) is 2.41. The number of fused-ring (bicyclic) bond motifs is 1. The van der Waals surface area contributed by atoms with Crippen LogP contribution < -0.4 is 14.8 Å². The molecule has 3 heterocycles. The molecule has 0 bridgehead atoms. The van der Waals surface area contributed by atoms with E-state index in [-0.39, 0.29) is 23.1 Å². The molecule has 3 aromatic rings. The lowest BCUT2D eigenvalue weighted by molar-refractivity contribution is 0.102. The average Bonchev–Trinajstić information content (AvgIpc) is 3.45. The van der Waals surface area contributed by atoms with Crippen LogP contribution in [0.3, 0.4) is 0 Å². The monoisotopic (exact) mass is 603 g/mol. The first-order valence-electron chi connectivity index (χ1n) is 10.6. The molecule has 1 aliphatic heterocycles. The van der Waals surface area contributed by atoms with Gasteiger partial charge in [-0.3, -0.25) is 14.6 Å². The second-order valence-corrected chi connectivity index (χ2v) is 10.3. The molecule has 1 aliphatic rings. The number of benzene rings is 1. The van der Waals surface area contributed by atoms with Crippen LogP contribution in [0.4, 0.5) is 15.8 Å². The highest BCUT2D eigenvalue weighted by Crippen LogP contribution is 2.28. The van der Waals surface area contributed by atoms with E-state index in [9.17, 15) is 13.2 Å². The van der Waals surface area contributed by atoms with Gasteiger partial charge in [0.25, 0.3) is 5.91 Å². The maximum atomic E-state index is 15.3. The van der Waals surface area contributed by atoms with Gasteiger partial charge in [-0.05, 0) is 24.1 Å². The van der Waals surface area contributed by atoms with Gasteiger partial charge < -0.3 is 14.8 Å². The van der Waals surface area contributed by atoms with Crippen molar-refractivity contribution in [2.24, 2.45) is 0 Å². The van der Waals surface area contributed by atoms with Gasteiger partial charge in [0.05, 0.1) is 47.5 Å². The number of alkyl halides is 1. The van der Waals surface area contributed by atoms with Crippen LogP contribution in [0.25, 0.3) is 11.0 Å². The number of ether oxygens (including phenoxy) is 2. The quantitative estimate of drug-likeness (QED) is 0.251. The lowest BCUT2D eigenvalue weighted by Crippen LogP contribution is -2.20. The van der Waals surface area contributed by atoms with Gasteiger partial charge in [0.15, 0.2) is 11.5 Å². The Morgan fingerprint density at radius 3 is 2.94 bits per heavy atom. The molecular weight excluding hydrogens is 580 g/mol. The number of H-pyrrole nitrogens is 1. The van der Waals surface area contributed by atoms with Crippen molar-refractivity contribution in [2.75, 3.05) is 29.0 Å². The van der Waals surface area contributed by atoms with Crippen LogP contribution in [0.1, 0.15) is 35.7 Å². The van der Waals surface area contributed by atoms with Crippen LogP contribution in [0.15, 0.2) is 24.4 Å². The molecule has 0 saturated carbocycles. The molecular formula is C21H23FIN5O5S. The molecule has 4 rings (SSSR count). The molecule has 13 heteroatoms. The normalized spacial score (nSPS) is 16.0. The lowest BCUT2D eigenvalue weighted by atomic mass is 10.1. The summed E-state index contributed by atoms with van der Waals surface area (Å²) in [6, 6.07) is 4.48. The van der Waals surface area contributed by atoms with Crippen LogP contribution in [0.2, 0.25) is 0 Å². The Kier molecular flexibility index (Phi) is 7.52. The van der Waals surface area contributed by atoms with E-state index in [2.05, 4.69) is 25.2 Å². The van der Waals surface area contributed by atoms with E-state index in [1.807, 2.05) is 22.6 Å². The molecule has 1 atom stereocenters. The topological polar surface area (TPSA) is 135 Å². The van der Waals surface area contributed by atoms with Gasteiger partial charge in [0.1, 0.15) is 6.10 Å². The van der Waals surface area contributed by atoms with Crippen molar-refractivity contribution in [1.29, 1.82) is 0 Å². The number of halogens is 2. The highest BCUT2D eigenvalue weighted by atomic mass is 127. The number of aromatic amines is 1. The molecule has 1 aromatic carbocycles. The summed E-state index contributed by atoms with van der Waals surface area (Å²) in [5.41, 5.74) is 0.695. The lowest BCUT2D eigenvalue weighted by Gasteiger charge is -2.14. The fourth-order valence-corrected chi connectivity index (χ4v) is 5.30. The van der Waals surface area contributed by atoms with Gasteiger partial charge in [-0.1, -0.05) is 35.6 Å². The van der Waals surface area contributed by atoms with Crippen LogP contribution in [-0.4, -0.2) is 54.6 Å². The van der Waals surface area contributed by atoms with Gasteiger partial charge in [0, 0.05) is 10.8 Å². The van der Waals surface area contributed by atoms with Crippen molar-refractivity contribution in [3.05, 3.63) is 41.3 Å². The van der Waals surface area contributed by atoms with E-state index in [0.717, 1.165) is 6.42 Å². The zero-order valence-corrected chi connectivity index (χ0v) is 21.2. The van der Waals surface area contributed by atoms with Crippen LogP contribution in [-0.2, 0) is 19.2 Å². The first-order chi connectivity index (χ1) is 16.3. The Bertz CT molecular complexity index is 1310. The molecule has 0 aliphatic carbocycles. The van der Waals surface area contributed by atoms with Crippen molar-refractivity contribution in [3.8, 4) is 5.88 Å². The van der Waals surface area contributed by atoms with Crippen LogP contribution in [0, 0.1) is 5.82 Å². The third-order valence-corrected chi connectivity index (χ3v) is 7.44. The molecule has 1 fully saturated rings. The molecule has 0 unspecified atom stereocenters. The summed E-state index contributed by atoms with van der Waals surface area (Å²) in [5, 5.41) is 10.1.